The van der Waals surface area contributed by atoms with Crippen molar-refractivity contribution in [3.05, 3.63) is 38.7 Å². The van der Waals surface area contributed by atoms with Crippen molar-refractivity contribution in [1.82, 2.24) is 19.3 Å². The minimum atomic E-state index is -0.115. The molecule has 0 fully saturated rings. The summed E-state index contributed by atoms with van der Waals surface area (Å²) < 4.78 is 3.86. The number of aromatic nitrogens is 4. The molecule has 7 heteroatoms. The van der Waals surface area contributed by atoms with Gasteiger partial charge in [0.15, 0.2) is 0 Å². The molecule has 108 valence electrons. The van der Waals surface area contributed by atoms with Crippen LogP contribution in [-0.4, -0.2) is 19.3 Å². The number of nitrogen functional groups attached to an aromatic ring is 1. The van der Waals surface area contributed by atoms with Gasteiger partial charge >= 0.3 is 0 Å². The van der Waals surface area contributed by atoms with E-state index in [1.165, 1.54) is 6.33 Å². The molecule has 0 aliphatic carbocycles. The molecule has 0 spiro atoms. The fourth-order valence-electron chi connectivity index (χ4n) is 1.92. The molecule has 0 bridgehead atoms. The molecule has 2 heterocycles. The summed E-state index contributed by atoms with van der Waals surface area (Å²) >= 11 is 3.29. The Morgan fingerprint density at radius 1 is 1.45 bits per heavy atom. The van der Waals surface area contributed by atoms with Crippen molar-refractivity contribution in [2.24, 2.45) is 5.92 Å². The molecule has 0 amide bonds. The molecule has 6 nitrogen and oxygen atoms in total. The summed E-state index contributed by atoms with van der Waals surface area (Å²) in [4.78, 5) is 16.4. The predicted molar refractivity (Wildman–Crippen MR) is 81.5 cm³/mol. The molecular formula is C13H18BrN5O. The number of hydrogen-bond donors (Lipinski definition) is 1. The topological polar surface area (TPSA) is 78.7 Å². The largest absolute Gasteiger partial charge is 0.397 e. The third-order valence-electron chi connectivity index (χ3n) is 3.05. The highest BCUT2D eigenvalue weighted by molar-refractivity contribution is 9.10. The lowest BCUT2D eigenvalue weighted by atomic mass is 10.2. The van der Waals surface area contributed by atoms with Crippen molar-refractivity contribution in [3.8, 4) is 0 Å². The van der Waals surface area contributed by atoms with E-state index in [0.717, 1.165) is 17.9 Å². The smallest absolute Gasteiger partial charge is 0.265 e. The highest BCUT2D eigenvalue weighted by atomic mass is 79.9. The van der Waals surface area contributed by atoms with E-state index in [2.05, 4.69) is 39.9 Å². The second-order valence-corrected chi connectivity index (χ2v) is 6.00. The fraction of sp³-hybridized carbons (Fsp3) is 0.462. The Labute approximate surface area is 125 Å². The van der Waals surface area contributed by atoms with E-state index in [9.17, 15) is 4.79 Å². The van der Waals surface area contributed by atoms with Crippen LogP contribution in [-0.2, 0) is 13.1 Å². The molecule has 2 aromatic heterocycles. The SMILES string of the molecule is Cc1c(N)cn(Cc2ncnn2CC(C)C)c(=O)c1Br. The molecule has 0 unspecified atom stereocenters. The summed E-state index contributed by atoms with van der Waals surface area (Å²) in [6.07, 6.45) is 3.16. The Morgan fingerprint density at radius 2 is 2.15 bits per heavy atom. The van der Waals surface area contributed by atoms with Gasteiger partial charge in [-0.15, -0.1) is 0 Å². The van der Waals surface area contributed by atoms with Gasteiger partial charge in [-0.2, -0.15) is 5.10 Å². The number of rotatable bonds is 4. The lowest BCUT2D eigenvalue weighted by Gasteiger charge is -2.12. The Morgan fingerprint density at radius 3 is 2.80 bits per heavy atom. The number of hydrogen-bond acceptors (Lipinski definition) is 4. The van der Waals surface area contributed by atoms with E-state index >= 15 is 0 Å². The van der Waals surface area contributed by atoms with Crippen molar-refractivity contribution in [2.75, 3.05) is 5.73 Å². The van der Waals surface area contributed by atoms with E-state index in [0.29, 0.717) is 22.6 Å². The van der Waals surface area contributed by atoms with Gasteiger partial charge in [-0.3, -0.25) is 4.79 Å². The average molecular weight is 340 g/mol. The molecule has 0 saturated heterocycles. The van der Waals surface area contributed by atoms with E-state index in [1.54, 1.807) is 10.8 Å². The minimum Gasteiger partial charge on any atom is -0.397 e. The third-order valence-corrected chi connectivity index (χ3v) is 3.99. The van der Waals surface area contributed by atoms with Crippen molar-refractivity contribution in [1.29, 1.82) is 0 Å². The van der Waals surface area contributed by atoms with Gasteiger partial charge in [0, 0.05) is 12.7 Å². The van der Waals surface area contributed by atoms with Crippen LogP contribution in [0.1, 0.15) is 25.2 Å². The normalized spacial score (nSPS) is 11.2. The fourth-order valence-corrected chi connectivity index (χ4v) is 2.37. The number of halogens is 1. The number of anilines is 1. The number of pyridine rings is 1. The van der Waals surface area contributed by atoms with Gasteiger partial charge in [0.1, 0.15) is 12.2 Å². The maximum Gasteiger partial charge on any atom is 0.265 e. The molecule has 2 aromatic rings. The summed E-state index contributed by atoms with van der Waals surface area (Å²) in [5.41, 5.74) is 7.13. The molecule has 20 heavy (non-hydrogen) atoms. The zero-order valence-electron chi connectivity index (χ0n) is 11.8. The minimum absolute atomic E-state index is 0.115. The van der Waals surface area contributed by atoms with E-state index in [4.69, 9.17) is 5.73 Å². The first-order valence-corrected chi connectivity index (χ1v) is 7.21. The van der Waals surface area contributed by atoms with Crippen LogP contribution in [0.4, 0.5) is 5.69 Å². The van der Waals surface area contributed by atoms with Crippen molar-refractivity contribution in [3.63, 3.8) is 0 Å². The lowest BCUT2D eigenvalue weighted by molar-refractivity contribution is 0.459. The first kappa shape index (κ1) is 14.8. The van der Waals surface area contributed by atoms with Crippen LogP contribution in [0.5, 0.6) is 0 Å². The maximum absolute atomic E-state index is 12.2. The molecule has 0 atom stereocenters. The first-order valence-electron chi connectivity index (χ1n) is 6.41. The number of nitrogens with zero attached hydrogens (tertiary/aromatic N) is 4. The van der Waals surface area contributed by atoms with Crippen LogP contribution >= 0.6 is 15.9 Å². The van der Waals surface area contributed by atoms with E-state index in [1.807, 2.05) is 11.6 Å². The molecule has 0 aliphatic rings. The van der Waals surface area contributed by atoms with Gasteiger partial charge in [-0.05, 0) is 34.3 Å². The molecule has 0 aromatic carbocycles. The van der Waals surface area contributed by atoms with Crippen LogP contribution < -0.4 is 11.3 Å². The zero-order valence-corrected chi connectivity index (χ0v) is 13.4. The van der Waals surface area contributed by atoms with Gasteiger partial charge in [0.2, 0.25) is 0 Å². The van der Waals surface area contributed by atoms with Crippen LogP contribution in [0.15, 0.2) is 21.8 Å². The quantitative estimate of drug-likeness (QED) is 0.920. The molecule has 2 N–H and O–H groups in total. The highest BCUT2D eigenvalue weighted by Gasteiger charge is 2.12. The Kier molecular flexibility index (Phi) is 4.27. The molecule has 0 radical (unpaired) electrons. The molecular weight excluding hydrogens is 322 g/mol. The monoisotopic (exact) mass is 339 g/mol. The Bertz CT molecular complexity index is 674. The van der Waals surface area contributed by atoms with Gasteiger partial charge in [0.05, 0.1) is 16.7 Å². The maximum atomic E-state index is 12.2. The standard InChI is InChI=1S/C13H18BrN5O/c1-8(2)4-19-11(16-7-17-19)6-18-5-10(15)9(3)12(14)13(18)20/h5,7-8H,4,6,15H2,1-3H3. The van der Waals surface area contributed by atoms with Gasteiger partial charge in [-0.25, -0.2) is 9.67 Å². The van der Waals surface area contributed by atoms with Crippen molar-refractivity contribution in [2.45, 2.75) is 33.9 Å². The van der Waals surface area contributed by atoms with Crippen molar-refractivity contribution >= 4 is 21.6 Å². The molecule has 2 rings (SSSR count). The lowest BCUT2D eigenvalue weighted by Crippen LogP contribution is -2.25. The Hall–Kier alpha value is -1.63. The second kappa shape index (κ2) is 5.78. The first-order chi connectivity index (χ1) is 9.40. The summed E-state index contributed by atoms with van der Waals surface area (Å²) in [5.74, 6) is 1.21. The molecule has 0 saturated carbocycles. The predicted octanol–water partition coefficient (Wildman–Crippen LogP) is 1.80. The summed E-state index contributed by atoms with van der Waals surface area (Å²) in [6.45, 7) is 7.16. The van der Waals surface area contributed by atoms with Gasteiger partial charge < -0.3 is 10.3 Å². The average Bonchev–Trinajstić information content (AvgIpc) is 2.80. The van der Waals surface area contributed by atoms with E-state index < -0.39 is 0 Å². The summed E-state index contributed by atoms with van der Waals surface area (Å²) in [5, 5.41) is 4.19. The van der Waals surface area contributed by atoms with Crippen LogP contribution in [0.3, 0.4) is 0 Å². The van der Waals surface area contributed by atoms with Crippen molar-refractivity contribution < 1.29 is 0 Å². The van der Waals surface area contributed by atoms with Crippen LogP contribution in [0.25, 0.3) is 0 Å². The third kappa shape index (κ3) is 2.92. The second-order valence-electron chi connectivity index (χ2n) is 5.21. The number of nitrogens with two attached hydrogens (primary N) is 1. The summed E-state index contributed by atoms with van der Waals surface area (Å²) in [7, 11) is 0. The summed E-state index contributed by atoms with van der Waals surface area (Å²) in [6, 6.07) is 0. The van der Waals surface area contributed by atoms with E-state index in [-0.39, 0.29) is 5.56 Å². The van der Waals surface area contributed by atoms with Gasteiger partial charge in [-0.1, -0.05) is 13.8 Å². The van der Waals surface area contributed by atoms with Crippen LogP contribution in [0.2, 0.25) is 0 Å². The zero-order chi connectivity index (χ0) is 14.9. The highest BCUT2D eigenvalue weighted by Crippen LogP contribution is 2.17. The molecule has 0 aliphatic heterocycles. The van der Waals surface area contributed by atoms with Crippen LogP contribution in [0, 0.1) is 12.8 Å². The Balaban J connectivity index is 2.36. The van der Waals surface area contributed by atoms with Gasteiger partial charge in [0.25, 0.3) is 5.56 Å².